The summed E-state index contributed by atoms with van der Waals surface area (Å²) in [5.74, 6) is 0.615. The molecule has 3 aromatic heterocycles. The van der Waals surface area contributed by atoms with E-state index in [0.29, 0.717) is 17.0 Å². The lowest BCUT2D eigenvalue weighted by molar-refractivity contribution is 0.0593. The van der Waals surface area contributed by atoms with Crippen LogP contribution < -0.4 is 5.32 Å². The fourth-order valence-electron chi connectivity index (χ4n) is 2.43. The number of nitrogens with one attached hydrogen (secondary N) is 1. The Labute approximate surface area is 129 Å². The fraction of sp³-hybridized carbons (Fsp3) is 0.308. The SMILES string of the molecule is Clc1nc(Nc2cccs2)c2ncn(C3CCCO3)c2n1. The molecule has 6 nitrogen and oxygen atoms in total. The molecule has 1 aliphatic heterocycles. The summed E-state index contributed by atoms with van der Waals surface area (Å²) in [5, 5.41) is 6.41. The molecule has 1 unspecified atom stereocenters. The van der Waals surface area contributed by atoms with Crippen LogP contribution in [0.3, 0.4) is 0 Å². The molecule has 4 rings (SSSR count). The summed E-state index contributed by atoms with van der Waals surface area (Å²) in [6.45, 7) is 0.767. The first-order valence-corrected chi connectivity index (χ1v) is 7.89. The lowest BCUT2D eigenvalue weighted by Gasteiger charge is -2.11. The molecule has 8 heteroatoms. The molecule has 1 atom stereocenters. The minimum absolute atomic E-state index is 0.0180. The maximum atomic E-state index is 6.06. The second-order valence-corrected chi connectivity index (χ2v) is 6.02. The van der Waals surface area contributed by atoms with Gasteiger partial charge in [0.1, 0.15) is 6.23 Å². The first-order valence-electron chi connectivity index (χ1n) is 6.63. The van der Waals surface area contributed by atoms with Crippen molar-refractivity contribution in [2.75, 3.05) is 11.9 Å². The standard InChI is InChI=1S/C13H12ClN5OS/c14-13-17-11(16-8-3-2-6-21-8)10-12(18-13)19(7-15-10)9-4-1-5-20-9/h2-3,6-7,9H,1,4-5H2,(H,16,17,18). The van der Waals surface area contributed by atoms with Crippen LogP contribution in [0.25, 0.3) is 11.2 Å². The first-order chi connectivity index (χ1) is 10.3. The average Bonchev–Trinajstić information content (AvgIpc) is 3.18. The molecule has 4 heterocycles. The van der Waals surface area contributed by atoms with Crippen LogP contribution in [0, 0.1) is 0 Å². The van der Waals surface area contributed by atoms with Crippen LogP contribution in [0.2, 0.25) is 5.28 Å². The van der Waals surface area contributed by atoms with Gasteiger partial charge in [-0.05, 0) is 42.0 Å². The predicted molar refractivity (Wildman–Crippen MR) is 82.2 cm³/mol. The van der Waals surface area contributed by atoms with Gasteiger partial charge in [-0.3, -0.25) is 4.57 Å². The van der Waals surface area contributed by atoms with Crippen LogP contribution in [-0.4, -0.2) is 26.1 Å². The summed E-state index contributed by atoms with van der Waals surface area (Å²) in [6.07, 6.45) is 3.73. The van der Waals surface area contributed by atoms with Crippen LogP contribution in [-0.2, 0) is 4.74 Å². The van der Waals surface area contributed by atoms with E-state index in [4.69, 9.17) is 16.3 Å². The molecular formula is C13H12ClN5OS. The summed E-state index contributed by atoms with van der Waals surface area (Å²) >= 11 is 7.65. The van der Waals surface area contributed by atoms with Crippen molar-refractivity contribution in [3.05, 3.63) is 29.1 Å². The van der Waals surface area contributed by atoms with Gasteiger partial charge < -0.3 is 10.1 Å². The Morgan fingerprint density at radius 3 is 3.14 bits per heavy atom. The number of imidazole rings is 1. The van der Waals surface area contributed by atoms with Gasteiger partial charge >= 0.3 is 0 Å². The molecule has 0 bridgehead atoms. The third-order valence-electron chi connectivity index (χ3n) is 3.37. The highest BCUT2D eigenvalue weighted by Gasteiger charge is 2.22. The van der Waals surface area contributed by atoms with Gasteiger partial charge in [-0.15, -0.1) is 11.3 Å². The molecule has 0 radical (unpaired) electrons. The maximum absolute atomic E-state index is 6.06. The topological polar surface area (TPSA) is 64.9 Å². The van der Waals surface area contributed by atoms with Crippen LogP contribution in [0.15, 0.2) is 23.8 Å². The summed E-state index contributed by atoms with van der Waals surface area (Å²) in [4.78, 5) is 13.0. The molecule has 1 N–H and O–H groups in total. The van der Waals surface area contributed by atoms with Gasteiger partial charge in [0.05, 0.1) is 11.3 Å². The van der Waals surface area contributed by atoms with Crippen LogP contribution in [0.1, 0.15) is 19.1 Å². The lowest BCUT2D eigenvalue weighted by atomic mass is 10.3. The van der Waals surface area contributed by atoms with E-state index >= 15 is 0 Å². The monoisotopic (exact) mass is 321 g/mol. The van der Waals surface area contributed by atoms with Crippen molar-refractivity contribution in [2.45, 2.75) is 19.1 Å². The van der Waals surface area contributed by atoms with E-state index in [1.807, 2.05) is 22.1 Å². The van der Waals surface area contributed by atoms with E-state index in [-0.39, 0.29) is 11.5 Å². The van der Waals surface area contributed by atoms with E-state index in [1.165, 1.54) is 0 Å². The molecule has 0 spiro atoms. The summed E-state index contributed by atoms with van der Waals surface area (Å²) < 4.78 is 7.62. The molecular weight excluding hydrogens is 310 g/mol. The summed E-state index contributed by atoms with van der Waals surface area (Å²) in [7, 11) is 0. The van der Waals surface area contributed by atoms with E-state index in [9.17, 15) is 0 Å². The second kappa shape index (κ2) is 5.25. The molecule has 0 aliphatic carbocycles. The number of aromatic nitrogens is 4. The Morgan fingerprint density at radius 1 is 1.43 bits per heavy atom. The zero-order valence-electron chi connectivity index (χ0n) is 11.0. The number of hydrogen-bond donors (Lipinski definition) is 1. The quantitative estimate of drug-likeness (QED) is 0.747. The molecule has 21 heavy (non-hydrogen) atoms. The summed E-state index contributed by atoms with van der Waals surface area (Å²) in [5.41, 5.74) is 1.39. The number of nitrogens with zero attached hydrogens (tertiary/aromatic N) is 4. The van der Waals surface area contributed by atoms with Gasteiger partial charge in [-0.25, -0.2) is 4.98 Å². The highest BCUT2D eigenvalue weighted by Crippen LogP contribution is 2.30. The molecule has 0 aromatic carbocycles. The lowest BCUT2D eigenvalue weighted by Crippen LogP contribution is -2.07. The van der Waals surface area contributed by atoms with Gasteiger partial charge in [0, 0.05) is 6.61 Å². The van der Waals surface area contributed by atoms with Gasteiger partial charge in [0.25, 0.3) is 0 Å². The molecule has 108 valence electrons. The predicted octanol–water partition coefficient (Wildman–Crippen LogP) is 3.59. The van der Waals surface area contributed by atoms with Crippen molar-refractivity contribution in [3.8, 4) is 0 Å². The van der Waals surface area contributed by atoms with Crippen molar-refractivity contribution >= 4 is 44.9 Å². The minimum atomic E-state index is -0.0180. The number of thiophene rings is 1. The normalized spacial score (nSPS) is 18.4. The van der Waals surface area contributed by atoms with Crippen molar-refractivity contribution in [1.82, 2.24) is 19.5 Å². The fourth-order valence-corrected chi connectivity index (χ4v) is 3.22. The smallest absolute Gasteiger partial charge is 0.226 e. The van der Waals surface area contributed by atoms with Crippen molar-refractivity contribution < 1.29 is 4.74 Å². The van der Waals surface area contributed by atoms with E-state index in [0.717, 1.165) is 24.4 Å². The number of anilines is 2. The second-order valence-electron chi connectivity index (χ2n) is 4.74. The highest BCUT2D eigenvalue weighted by atomic mass is 35.5. The van der Waals surface area contributed by atoms with E-state index in [2.05, 4.69) is 20.3 Å². The minimum Gasteiger partial charge on any atom is -0.358 e. The van der Waals surface area contributed by atoms with Crippen molar-refractivity contribution in [2.24, 2.45) is 0 Å². The Balaban J connectivity index is 1.80. The largest absolute Gasteiger partial charge is 0.358 e. The van der Waals surface area contributed by atoms with Crippen LogP contribution >= 0.6 is 22.9 Å². The first kappa shape index (κ1) is 13.0. The van der Waals surface area contributed by atoms with Crippen LogP contribution in [0.5, 0.6) is 0 Å². The number of halogens is 1. The van der Waals surface area contributed by atoms with E-state index in [1.54, 1.807) is 17.7 Å². The zero-order valence-corrected chi connectivity index (χ0v) is 12.6. The Hall–Kier alpha value is -1.70. The average molecular weight is 322 g/mol. The third kappa shape index (κ3) is 2.37. The van der Waals surface area contributed by atoms with Gasteiger partial charge in [0.15, 0.2) is 17.0 Å². The Morgan fingerprint density at radius 2 is 2.38 bits per heavy atom. The van der Waals surface area contributed by atoms with Gasteiger partial charge in [-0.2, -0.15) is 9.97 Å². The van der Waals surface area contributed by atoms with Crippen molar-refractivity contribution in [3.63, 3.8) is 0 Å². The molecule has 0 amide bonds. The Kier molecular flexibility index (Phi) is 3.25. The van der Waals surface area contributed by atoms with Crippen LogP contribution in [0.4, 0.5) is 10.8 Å². The van der Waals surface area contributed by atoms with Crippen molar-refractivity contribution in [1.29, 1.82) is 0 Å². The zero-order chi connectivity index (χ0) is 14.2. The number of fused-ring (bicyclic) bond motifs is 1. The molecule has 1 aliphatic rings. The van der Waals surface area contributed by atoms with Gasteiger partial charge in [0.2, 0.25) is 5.28 Å². The number of ether oxygens (including phenoxy) is 1. The molecule has 1 saturated heterocycles. The third-order valence-corrected chi connectivity index (χ3v) is 4.33. The summed E-state index contributed by atoms with van der Waals surface area (Å²) in [6, 6.07) is 3.95. The Bertz CT molecular complexity index is 766. The highest BCUT2D eigenvalue weighted by molar-refractivity contribution is 7.14. The number of hydrogen-bond acceptors (Lipinski definition) is 6. The van der Waals surface area contributed by atoms with Gasteiger partial charge in [-0.1, -0.05) is 0 Å². The molecule has 0 saturated carbocycles. The molecule has 1 fully saturated rings. The molecule has 3 aromatic rings. The number of rotatable bonds is 3. The maximum Gasteiger partial charge on any atom is 0.226 e. The van der Waals surface area contributed by atoms with E-state index < -0.39 is 0 Å².